The first-order chi connectivity index (χ1) is 14.4. The zero-order valence-corrected chi connectivity index (χ0v) is 19.7. The van der Waals surface area contributed by atoms with Gasteiger partial charge in [-0.1, -0.05) is 6.92 Å². The average molecular weight is 458 g/mol. The predicted octanol–water partition coefficient (Wildman–Crippen LogP) is 2.26. The molecule has 31 heavy (non-hydrogen) atoms. The molecule has 0 aliphatic carbocycles. The molecular formula is C20H33N3O7P+. The molecule has 11 heteroatoms. The van der Waals surface area contributed by atoms with Crippen LogP contribution >= 0.6 is 7.67 Å². The number of nitrogens with one attached hydrogen (secondary N) is 2. The molecule has 10 nitrogen and oxygen atoms in total. The van der Waals surface area contributed by atoms with E-state index in [-0.39, 0.29) is 30.2 Å². The number of pyridine rings is 1. The Bertz CT molecular complexity index is 819. The van der Waals surface area contributed by atoms with Gasteiger partial charge in [0.25, 0.3) is 0 Å². The molecule has 1 aliphatic heterocycles. The molecule has 0 saturated carbocycles. The zero-order chi connectivity index (χ0) is 23.3. The highest BCUT2D eigenvalue weighted by molar-refractivity contribution is 7.54. The van der Waals surface area contributed by atoms with Crippen molar-refractivity contribution in [3.8, 4) is 0 Å². The van der Waals surface area contributed by atoms with Crippen molar-refractivity contribution in [2.24, 2.45) is 5.92 Å². The zero-order valence-electron chi connectivity index (χ0n) is 18.8. The third-order valence-corrected chi connectivity index (χ3v) is 6.87. The van der Waals surface area contributed by atoms with Gasteiger partial charge in [-0.25, -0.2) is 15.0 Å². The van der Waals surface area contributed by atoms with Crippen LogP contribution < -0.4 is 14.7 Å². The fraction of sp³-hybridized carbons (Fsp3) is 0.650. The van der Waals surface area contributed by atoms with Crippen molar-refractivity contribution in [1.82, 2.24) is 10.2 Å². The minimum Gasteiger partial charge on any atom is -0.477 e. The van der Waals surface area contributed by atoms with Gasteiger partial charge in [0.15, 0.2) is 18.5 Å². The van der Waals surface area contributed by atoms with Crippen LogP contribution in [0.1, 0.15) is 58.1 Å². The van der Waals surface area contributed by atoms with E-state index < -0.39 is 38.0 Å². The number of rotatable bonds is 10. The Morgan fingerprint density at radius 1 is 1.26 bits per heavy atom. The normalized spacial score (nSPS) is 24.0. The van der Waals surface area contributed by atoms with Crippen LogP contribution in [0.15, 0.2) is 24.5 Å². The number of hydrogen-bond donors (Lipinski definition) is 3. The molecule has 0 aromatic carbocycles. The third kappa shape index (κ3) is 7.08. The smallest absolute Gasteiger partial charge is 0.341 e. The molecular weight excluding hydrogens is 425 g/mol. The second-order valence-electron chi connectivity index (χ2n) is 8.26. The van der Waals surface area contributed by atoms with E-state index in [2.05, 4.69) is 10.2 Å². The summed E-state index contributed by atoms with van der Waals surface area (Å²) >= 11 is 0. The van der Waals surface area contributed by atoms with Gasteiger partial charge in [-0.15, -0.1) is 0 Å². The summed E-state index contributed by atoms with van der Waals surface area (Å²) in [6.07, 6.45) is 1.12. The summed E-state index contributed by atoms with van der Waals surface area (Å²) in [7, 11) is -3.34. The molecule has 0 bridgehead atoms. The number of carboxylic acid groups (broad SMARTS) is 1. The Morgan fingerprint density at radius 3 is 2.39 bits per heavy atom. The van der Waals surface area contributed by atoms with Crippen LogP contribution in [0.3, 0.4) is 0 Å². The molecule has 4 atom stereocenters. The maximum absolute atomic E-state index is 13.2. The van der Waals surface area contributed by atoms with Crippen LogP contribution in [-0.4, -0.2) is 47.9 Å². The van der Waals surface area contributed by atoms with E-state index >= 15 is 0 Å². The quantitative estimate of drug-likeness (QED) is 0.275. The highest BCUT2D eigenvalue weighted by atomic mass is 31.2. The van der Waals surface area contributed by atoms with Crippen LogP contribution in [-0.2, 0) is 23.4 Å². The summed E-state index contributed by atoms with van der Waals surface area (Å²) in [5.41, 5.74) is 0.0757. The fourth-order valence-electron chi connectivity index (χ4n) is 3.39. The maximum Gasteiger partial charge on any atom is 0.341 e. The lowest BCUT2D eigenvalue weighted by Gasteiger charge is -2.26. The summed E-state index contributed by atoms with van der Waals surface area (Å²) in [5, 5.41) is 15.2. The standard InChI is InChI=1S/C20H32N3O7P/c1-12(2)21-31(27,22-13(3)4)28-11-17-14(5)18(29-15(6)24)19(30-17)23-9-7-8-16(10-23)20(25)26/h7-10,12-14,17-19H,11H2,1-6H3,(H2-,21,22,25,26,27)/p+1/t14-,17-,18-,19-/m1/s1. The van der Waals surface area contributed by atoms with E-state index in [0.717, 1.165) is 0 Å². The summed E-state index contributed by atoms with van der Waals surface area (Å²) in [6, 6.07) is 2.90. The van der Waals surface area contributed by atoms with Crippen LogP contribution in [0, 0.1) is 5.92 Å². The molecule has 1 aromatic heterocycles. The number of ether oxygens (including phenoxy) is 2. The number of hydrogen-bond acceptors (Lipinski definition) is 6. The molecule has 1 aliphatic rings. The predicted molar refractivity (Wildman–Crippen MR) is 112 cm³/mol. The van der Waals surface area contributed by atoms with Gasteiger partial charge in [0, 0.05) is 31.0 Å². The van der Waals surface area contributed by atoms with Gasteiger partial charge in [-0.2, -0.15) is 4.57 Å². The Hall–Kier alpha value is -1.84. The van der Waals surface area contributed by atoms with Crippen molar-refractivity contribution < 1.29 is 37.8 Å². The van der Waals surface area contributed by atoms with Crippen molar-refractivity contribution in [1.29, 1.82) is 0 Å². The van der Waals surface area contributed by atoms with Gasteiger partial charge in [-0.3, -0.25) is 9.36 Å². The van der Waals surface area contributed by atoms with E-state index in [4.69, 9.17) is 14.0 Å². The summed E-state index contributed by atoms with van der Waals surface area (Å²) in [5.74, 6) is -1.85. The first-order valence-electron chi connectivity index (χ1n) is 10.3. The monoisotopic (exact) mass is 458 g/mol. The number of aromatic carboxylic acids is 1. The van der Waals surface area contributed by atoms with Crippen molar-refractivity contribution in [2.75, 3.05) is 6.61 Å². The maximum atomic E-state index is 13.2. The van der Waals surface area contributed by atoms with Crippen molar-refractivity contribution in [3.63, 3.8) is 0 Å². The van der Waals surface area contributed by atoms with Gasteiger partial charge in [0.2, 0.25) is 0 Å². The van der Waals surface area contributed by atoms with E-state index in [9.17, 15) is 19.3 Å². The van der Waals surface area contributed by atoms with Crippen LogP contribution in [0.5, 0.6) is 0 Å². The molecule has 0 spiro atoms. The lowest BCUT2D eigenvalue weighted by Crippen LogP contribution is -2.46. The van der Waals surface area contributed by atoms with Crippen LogP contribution in [0.2, 0.25) is 0 Å². The highest BCUT2D eigenvalue weighted by Gasteiger charge is 2.50. The Morgan fingerprint density at radius 2 is 1.87 bits per heavy atom. The number of carboxylic acids is 1. The van der Waals surface area contributed by atoms with Gasteiger partial charge in [0.1, 0.15) is 5.56 Å². The average Bonchev–Trinajstić information content (AvgIpc) is 2.94. The van der Waals surface area contributed by atoms with E-state index in [0.29, 0.717) is 0 Å². The largest absolute Gasteiger partial charge is 0.477 e. The molecule has 0 amide bonds. The Labute approximate surface area is 182 Å². The second-order valence-corrected chi connectivity index (χ2v) is 10.1. The van der Waals surface area contributed by atoms with Crippen molar-refractivity contribution in [3.05, 3.63) is 30.1 Å². The molecule has 1 saturated heterocycles. The number of aromatic nitrogens is 1. The van der Waals surface area contributed by atoms with Gasteiger partial charge < -0.3 is 19.1 Å². The lowest BCUT2D eigenvalue weighted by atomic mass is 10.0. The van der Waals surface area contributed by atoms with Gasteiger partial charge >= 0.3 is 25.8 Å². The fourth-order valence-corrected chi connectivity index (χ4v) is 5.33. The summed E-state index contributed by atoms with van der Waals surface area (Å²) in [6.45, 7) is 10.6. The van der Waals surface area contributed by atoms with Gasteiger partial charge in [0.05, 0.1) is 12.7 Å². The molecule has 0 unspecified atom stereocenters. The minimum absolute atomic E-state index is 0.00860. The molecule has 3 N–H and O–H groups in total. The molecule has 2 heterocycles. The minimum atomic E-state index is -3.34. The third-order valence-electron chi connectivity index (χ3n) is 4.64. The SMILES string of the molecule is CC(=O)O[C@@H]1[C@H](C)[C@@H](COP(=O)(NC(C)C)NC(C)C)O[C@H]1[n+]1cccc(C(=O)O)c1. The number of nitrogens with zero attached hydrogens (tertiary/aromatic N) is 1. The number of esters is 1. The highest BCUT2D eigenvalue weighted by Crippen LogP contribution is 2.41. The molecule has 1 fully saturated rings. The van der Waals surface area contributed by atoms with Crippen LogP contribution in [0.25, 0.3) is 0 Å². The number of carbonyl (C=O) groups is 2. The molecule has 1 aromatic rings. The topological polar surface area (TPSA) is 127 Å². The molecule has 2 rings (SSSR count). The first kappa shape index (κ1) is 25.4. The van der Waals surface area contributed by atoms with Gasteiger partial charge in [-0.05, 0) is 33.8 Å². The van der Waals surface area contributed by atoms with Crippen molar-refractivity contribution in [2.45, 2.75) is 72.1 Å². The first-order valence-corrected chi connectivity index (χ1v) is 11.9. The number of carbonyl (C=O) groups excluding carboxylic acids is 1. The van der Waals surface area contributed by atoms with E-state index in [1.807, 2.05) is 34.6 Å². The molecule has 0 radical (unpaired) electrons. The van der Waals surface area contributed by atoms with Crippen LogP contribution in [0.4, 0.5) is 0 Å². The van der Waals surface area contributed by atoms with E-state index in [1.165, 1.54) is 19.2 Å². The Kier molecular flexibility index (Phi) is 8.73. The summed E-state index contributed by atoms with van der Waals surface area (Å²) < 4.78 is 32.1. The Balaban J connectivity index is 2.23. The lowest BCUT2D eigenvalue weighted by molar-refractivity contribution is -0.765. The second kappa shape index (κ2) is 10.7. The van der Waals surface area contributed by atoms with E-state index in [1.54, 1.807) is 16.8 Å². The van der Waals surface area contributed by atoms with Crippen molar-refractivity contribution >= 4 is 19.6 Å². The molecule has 174 valence electrons. The summed E-state index contributed by atoms with van der Waals surface area (Å²) in [4.78, 5) is 23.0.